The molecule has 0 saturated heterocycles. The summed E-state index contributed by atoms with van der Waals surface area (Å²) in [5.41, 5.74) is 3.54. The third-order valence-corrected chi connectivity index (χ3v) is 3.80. The first-order chi connectivity index (χ1) is 8.15. The van der Waals surface area contributed by atoms with Crippen LogP contribution in [0.4, 0.5) is 0 Å². The van der Waals surface area contributed by atoms with Gasteiger partial charge < -0.3 is 0 Å². The number of aryl methyl sites for hydroxylation is 2. The van der Waals surface area contributed by atoms with Crippen molar-refractivity contribution >= 4 is 23.4 Å². The number of benzene rings is 1. The molecule has 0 saturated carbocycles. The lowest BCUT2D eigenvalue weighted by Crippen LogP contribution is -1.90. The van der Waals surface area contributed by atoms with Crippen LogP contribution >= 0.6 is 23.4 Å². The third-order valence-electron chi connectivity index (χ3n) is 2.39. The molecule has 1 aromatic heterocycles. The summed E-state index contributed by atoms with van der Waals surface area (Å²) in [6.07, 6.45) is 0. The maximum Gasteiger partial charge on any atom is 0.151 e. The standard InChI is InChI=1S/C13H13ClN2S/c1-9-3-5-12(10(2)7-9)17-8-11-4-6-13(14)16-15-11/h3-7H,8H2,1-2H3. The Morgan fingerprint density at radius 2 is 1.94 bits per heavy atom. The van der Waals surface area contributed by atoms with Gasteiger partial charge in [-0.3, -0.25) is 0 Å². The van der Waals surface area contributed by atoms with Gasteiger partial charge in [0, 0.05) is 10.6 Å². The van der Waals surface area contributed by atoms with Gasteiger partial charge in [-0.15, -0.1) is 16.9 Å². The second kappa shape index (κ2) is 5.52. The molecular formula is C13H13ClN2S. The lowest BCUT2D eigenvalue weighted by Gasteiger charge is -2.05. The molecular weight excluding hydrogens is 252 g/mol. The van der Waals surface area contributed by atoms with Crippen LogP contribution in [0.25, 0.3) is 0 Å². The lowest BCUT2D eigenvalue weighted by molar-refractivity contribution is 0.971. The molecule has 0 bridgehead atoms. The fraction of sp³-hybridized carbons (Fsp3) is 0.231. The van der Waals surface area contributed by atoms with E-state index in [1.54, 1.807) is 17.8 Å². The molecule has 17 heavy (non-hydrogen) atoms. The molecule has 0 amide bonds. The summed E-state index contributed by atoms with van der Waals surface area (Å²) in [6, 6.07) is 10.1. The van der Waals surface area contributed by atoms with Crippen molar-refractivity contribution in [2.45, 2.75) is 24.5 Å². The number of halogens is 1. The second-order valence-corrected chi connectivity index (χ2v) is 5.31. The SMILES string of the molecule is Cc1ccc(SCc2ccc(Cl)nn2)c(C)c1. The molecule has 1 heterocycles. The lowest BCUT2D eigenvalue weighted by atomic mass is 10.2. The Balaban J connectivity index is 2.04. The van der Waals surface area contributed by atoms with Crippen LogP contribution in [0.3, 0.4) is 0 Å². The summed E-state index contributed by atoms with van der Waals surface area (Å²) in [7, 11) is 0. The van der Waals surface area contributed by atoms with Crippen molar-refractivity contribution in [1.82, 2.24) is 10.2 Å². The minimum Gasteiger partial charge on any atom is -0.153 e. The van der Waals surface area contributed by atoms with Crippen molar-refractivity contribution in [3.8, 4) is 0 Å². The Bertz CT molecular complexity index is 511. The number of nitrogens with zero attached hydrogens (tertiary/aromatic N) is 2. The van der Waals surface area contributed by atoms with E-state index in [0.29, 0.717) is 5.15 Å². The van der Waals surface area contributed by atoms with Gasteiger partial charge in [-0.05, 0) is 37.6 Å². The summed E-state index contributed by atoms with van der Waals surface area (Å²) in [4.78, 5) is 1.28. The van der Waals surface area contributed by atoms with Crippen molar-refractivity contribution < 1.29 is 0 Å². The predicted octanol–water partition coefficient (Wildman–Crippen LogP) is 4.04. The molecule has 0 atom stereocenters. The molecule has 0 aliphatic heterocycles. The van der Waals surface area contributed by atoms with Crippen molar-refractivity contribution in [2.24, 2.45) is 0 Å². The minimum absolute atomic E-state index is 0.435. The number of hydrogen-bond acceptors (Lipinski definition) is 3. The van der Waals surface area contributed by atoms with Gasteiger partial charge in [0.25, 0.3) is 0 Å². The number of thioether (sulfide) groups is 1. The van der Waals surface area contributed by atoms with E-state index in [1.165, 1.54) is 16.0 Å². The van der Waals surface area contributed by atoms with Gasteiger partial charge in [0.15, 0.2) is 5.15 Å². The van der Waals surface area contributed by atoms with Crippen LogP contribution in [-0.2, 0) is 5.75 Å². The molecule has 0 radical (unpaired) electrons. The van der Waals surface area contributed by atoms with E-state index in [1.807, 2.05) is 6.07 Å². The highest BCUT2D eigenvalue weighted by Gasteiger charge is 2.02. The van der Waals surface area contributed by atoms with E-state index in [-0.39, 0.29) is 0 Å². The van der Waals surface area contributed by atoms with E-state index >= 15 is 0 Å². The fourth-order valence-corrected chi connectivity index (χ4v) is 2.54. The molecule has 0 aliphatic carbocycles. The smallest absolute Gasteiger partial charge is 0.151 e. The molecule has 2 rings (SSSR count). The zero-order valence-corrected chi connectivity index (χ0v) is 11.3. The van der Waals surface area contributed by atoms with Crippen LogP contribution in [-0.4, -0.2) is 10.2 Å². The minimum atomic E-state index is 0.435. The van der Waals surface area contributed by atoms with E-state index in [0.717, 1.165) is 11.4 Å². The summed E-state index contributed by atoms with van der Waals surface area (Å²) >= 11 is 7.46. The van der Waals surface area contributed by atoms with Crippen molar-refractivity contribution in [3.63, 3.8) is 0 Å². The summed E-state index contributed by atoms with van der Waals surface area (Å²) in [5.74, 6) is 0.814. The van der Waals surface area contributed by atoms with E-state index in [4.69, 9.17) is 11.6 Å². The first-order valence-electron chi connectivity index (χ1n) is 5.33. The normalized spacial score (nSPS) is 10.5. The van der Waals surface area contributed by atoms with Crippen LogP contribution in [0.2, 0.25) is 5.15 Å². The Kier molecular flexibility index (Phi) is 4.02. The number of rotatable bonds is 3. The predicted molar refractivity (Wildman–Crippen MR) is 72.5 cm³/mol. The Morgan fingerprint density at radius 3 is 2.59 bits per heavy atom. The third kappa shape index (κ3) is 3.45. The van der Waals surface area contributed by atoms with Crippen molar-refractivity contribution in [3.05, 3.63) is 52.3 Å². The van der Waals surface area contributed by atoms with E-state index < -0.39 is 0 Å². The van der Waals surface area contributed by atoms with Gasteiger partial charge >= 0.3 is 0 Å². The molecule has 88 valence electrons. The zero-order valence-electron chi connectivity index (χ0n) is 9.77. The zero-order chi connectivity index (χ0) is 12.3. The molecule has 0 aliphatic rings. The van der Waals surface area contributed by atoms with Gasteiger partial charge in [0.05, 0.1) is 5.69 Å². The molecule has 0 N–H and O–H groups in total. The van der Waals surface area contributed by atoms with Crippen molar-refractivity contribution in [2.75, 3.05) is 0 Å². The van der Waals surface area contributed by atoms with Gasteiger partial charge in [0.1, 0.15) is 0 Å². The van der Waals surface area contributed by atoms with E-state index in [2.05, 4.69) is 42.2 Å². The van der Waals surface area contributed by atoms with Crippen molar-refractivity contribution in [1.29, 1.82) is 0 Å². The van der Waals surface area contributed by atoms with Gasteiger partial charge in [-0.25, -0.2) is 0 Å². The summed E-state index contributed by atoms with van der Waals surface area (Å²) in [6.45, 7) is 4.23. The quantitative estimate of drug-likeness (QED) is 0.783. The van der Waals surface area contributed by atoms with Gasteiger partial charge in [-0.1, -0.05) is 29.3 Å². The maximum absolute atomic E-state index is 5.69. The molecule has 2 aromatic rings. The van der Waals surface area contributed by atoms with Crippen LogP contribution in [0.5, 0.6) is 0 Å². The molecule has 1 aromatic carbocycles. The Morgan fingerprint density at radius 1 is 1.12 bits per heavy atom. The Labute approximate surface area is 110 Å². The second-order valence-electron chi connectivity index (χ2n) is 3.91. The van der Waals surface area contributed by atoms with Crippen LogP contribution in [0.1, 0.15) is 16.8 Å². The first-order valence-corrected chi connectivity index (χ1v) is 6.69. The highest BCUT2D eigenvalue weighted by atomic mass is 35.5. The van der Waals surface area contributed by atoms with Crippen LogP contribution in [0, 0.1) is 13.8 Å². The first kappa shape index (κ1) is 12.4. The monoisotopic (exact) mass is 264 g/mol. The summed E-state index contributed by atoms with van der Waals surface area (Å²) < 4.78 is 0. The summed E-state index contributed by atoms with van der Waals surface area (Å²) in [5, 5.41) is 8.30. The van der Waals surface area contributed by atoms with Gasteiger partial charge in [0.2, 0.25) is 0 Å². The maximum atomic E-state index is 5.69. The largest absolute Gasteiger partial charge is 0.153 e. The molecule has 2 nitrogen and oxygen atoms in total. The van der Waals surface area contributed by atoms with Gasteiger partial charge in [-0.2, -0.15) is 5.10 Å². The van der Waals surface area contributed by atoms with Crippen LogP contribution < -0.4 is 0 Å². The Hall–Kier alpha value is -1.06. The van der Waals surface area contributed by atoms with Crippen LogP contribution in [0.15, 0.2) is 35.2 Å². The van der Waals surface area contributed by atoms with E-state index in [9.17, 15) is 0 Å². The highest BCUT2D eigenvalue weighted by molar-refractivity contribution is 7.98. The molecule has 0 fully saturated rings. The average molecular weight is 265 g/mol. The number of aromatic nitrogens is 2. The molecule has 4 heteroatoms. The highest BCUT2D eigenvalue weighted by Crippen LogP contribution is 2.25. The molecule has 0 spiro atoms. The molecule has 0 unspecified atom stereocenters. The topological polar surface area (TPSA) is 25.8 Å². The number of hydrogen-bond donors (Lipinski definition) is 0. The fourth-order valence-electron chi connectivity index (χ4n) is 1.53. The average Bonchev–Trinajstić information content (AvgIpc) is 2.30.